The average molecular weight is 436 g/mol. The molecule has 0 aromatic heterocycles. The summed E-state index contributed by atoms with van der Waals surface area (Å²) in [6.07, 6.45) is 27.6. The lowest BCUT2D eigenvalue weighted by molar-refractivity contribution is 0.346. The molecule has 0 saturated heterocycles. The summed E-state index contributed by atoms with van der Waals surface area (Å²) in [5.74, 6) is 0.490. The molecule has 0 spiro atoms. The Labute approximate surface area is 188 Å². The van der Waals surface area contributed by atoms with Crippen molar-refractivity contribution in [3.63, 3.8) is 0 Å². The Morgan fingerprint density at radius 3 is 1.18 bits per heavy atom. The van der Waals surface area contributed by atoms with E-state index in [-0.39, 0.29) is 0 Å². The van der Waals surface area contributed by atoms with Crippen LogP contribution in [0.1, 0.15) is 156 Å². The molecule has 0 saturated carbocycles. The van der Waals surface area contributed by atoms with E-state index < -0.39 is 4.33 Å². The van der Waals surface area contributed by atoms with Gasteiger partial charge in [0.1, 0.15) is 4.33 Å². The SMILES string of the molecule is CCCCCCCCC(CCCCCCCC)C(Cl)(Cl)CCCCCCCC. The maximum Gasteiger partial charge on any atom is 0.121 e. The standard InChI is InChI=1S/C26H52Cl2/c1-4-7-10-13-16-19-22-25(23-20-17-14-11-8-5-2)26(27,28)24-21-18-15-12-9-6-3/h25H,4-24H2,1-3H3. The summed E-state index contributed by atoms with van der Waals surface area (Å²) in [4.78, 5) is 0. The second kappa shape index (κ2) is 20.8. The van der Waals surface area contributed by atoms with Gasteiger partial charge >= 0.3 is 0 Å². The van der Waals surface area contributed by atoms with Gasteiger partial charge in [-0.2, -0.15) is 0 Å². The first kappa shape index (κ1) is 28.6. The lowest BCUT2D eigenvalue weighted by Gasteiger charge is -2.30. The van der Waals surface area contributed by atoms with Crippen molar-refractivity contribution in [2.24, 2.45) is 5.92 Å². The Bertz CT molecular complexity index is 285. The minimum Gasteiger partial charge on any atom is -0.101 e. The fourth-order valence-corrected chi connectivity index (χ4v) is 4.96. The summed E-state index contributed by atoms with van der Waals surface area (Å²) in [6, 6.07) is 0. The van der Waals surface area contributed by atoms with Crippen LogP contribution < -0.4 is 0 Å². The monoisotopic (exact) mass is 434 g/mol. The Balaban J connectivity index is 4.24. The van der Waals surface area contributed by atoms with Crippen LogP contribution in [0, 0.1) is 5.92 Å². The summed E-state index contributed by atoms with van der Waals surface area (Å²) in [7, 11) is 0. The maximum atomic E-state index is 6.93. The number of hydrogen-bond acceptors (Lipinski definition) is 0. The van der Waals surface area contributed by atoms with Crippen LogP contribution in [-0.2, 0) is 0 Å². The predicted octanol–water partition coefficient (Wildman–Crippen LogP) is 11.0. The van der Waals surface area contributed by atoms with E-state index in [9.17, 15) is 0 Å². The van der Waals surface area contributed by atoms with Gasteiger partial charge in [0.2, 0.25) is 0 Å². The van der Waals surface area contributed by atoms with Crippen molar-refractivity contribution >= 4 is 23.2 Å². The topological polar surface area (TPSA) is 0 Å². The molecule has 0 atom stereocenters. The fourth-order valence-electron chi connectivity index (χ4n) is 4.25. The molecule has 0 N–H and O–H groups in total. The number of hydrogen-bond donors (Lipinski definition) is 0. The summed E-state index contributed by atoms with van der Waals surface area (Å²) in [5.41, 5.74) is 0. The lowest BCUT2D eigenvalue weighted by atomic mass is 9.88. The third kappa shape index (κ3) is 17.4. The van der Waals surface area contributed by atoms with Crippen molar-refractivity contribution in [1.82, 2.24) is 0 Å². The number of alkyl halides is 2. The molecule has 2 heteroatoms. The third-order valence-corrected chi connectivity index (χ3v) is 7.27. The van der Waals surface area contributed by atoms with E-state index in [1.807, 2.05) is 0 Å². The Kier molecular flexibility index (Phi) is 21.3. The minimum atomic E-state index is -0.502. The second-order valence-corrected chi connectivity index (χ2v) is 10.6. The zero-order valence-electron chi connectivity index (χ0n) is 19.7. The summed E-state index contributed by atoms with van der Waals surface area (Å²) in [6.45, 7) is 6.85. The molecular weight excluding hydrogens is 383 g/mol. The predicted molar refractivity (Wildman–Crippen MR) is 132 cm³/mol. The summed E-state index contributed by atoms with van der Waals surface area (Å²) >= 11 is 13.9. The maximum absolute atomic E-state index is 6.93. The molecule has 0 aliphatic heterocycles. The molecule has 0 aromatic rings. The third-order valence-electron chi connectivity index (χ3n) is 6.27. The van der Waals surface area contributed by atoms with Gasteiger partial charge in [0.15, 0.2) is 0 Å². The van der Waals surface area contributed by atoms with E-state index in [4.69, 9.17) is 23.2 Å². The van der Waals surface area contributed by atoms with Crippen molar-refractivity contribution in [2.75, 3.05) is 0 Å². The van der Waals surface area contributed by atoms with Gasteiger partial charge in [-0.3, -0.25) is 0 Å². The molecule has 0 bridgehead atoms. The van der Waals surface area contributed by atoms with E-state index in [0.29, 0.717) is 5.92 Å². The number of halogens is 2. The number of unbranched alkanes of at least 4 members (excludes halogenated alkanes) is 15. The summed E-state index contributed by atoms with van der Waals surface area (Å²) < 4.78 is -0.502. The molecule has 0 aromatic carbocycles. The van der Waals surface area contributed by atoms with Gasteiger partial charge in [0.25, 0.3) is 0 Å². The molecule has 0 amide bonds. The van der Waals surface area contributed by atoms with Crippen LogP contribution in [0.15, 0.2) is 0 Å². The van der Waals surface area contributed by atoms with Crippen molar-refractivity contribution in [2.45, 2.75) is 160 Å². The van der Waals surface area contributed by atoms with Crippen LogP contribution in [0.4, 0.5) is 0 Å². The Hall–Kier alpha value is 0.580. The fraction of sp³-hybridized carbons (Fsp3) is 1.00. The number of rotatable bonds is 22. The molecule has 0 heterocycles. The molecule has 28 heavy (non-hydrogen) atoms. The van der Waals surface area contributed by atoms with Crippen molar-refractivity contribution in [3.8, 4) is 0 Å². The Morgan fingerprint density at radius 1 is 0.464 bits per heavy atom. The highest BCUT2D eigenvalue weighted by Crippen LogP contribution is 2.41. The van der Waals surface area contributed by atoms with Gasteiger partial charge in [0, 0.05) is 0 Å². The van der Waals surface area contributed by atoms with E-state index in [0.717, 1.165) is 6.42 Å². The lowest BCUT2D eigenvalue weighted by Crippen LogP contribution is -2.26. The highest BCUT2D eigenvalue weighted by atomic mass is 35.5. The molecule has 0 rings (SSSR count). The van der Waals surface area contributed by atoms with E-state index in [1.165, 1.54) is 128 Å². The zero-order chi connectivity index (χ0) is 20.9. The van der Waals surface area contributed by atoms with Crippen molar-refractivity contribution < 1.29 is 0 Å². The van der Waals surface area contributed by atoms with Crippen molar-refractivity contribution in [1.29, 1.82) is 0 Å². The Morgan fingerprint density at radius 2 is 0.786 bits per heavy atom. The van der Waals surface area contributed by atoms with Gasteiger partial charge in [-0.25, -0.2) is 0 Å². The first-order valence-electron chi connectivity index (χ1n) is 13.0. The van der Waals surface area contributed by atoms with Gasteiger partial charge in [-0.1, -0.05) is 136 Å². The van der Waals surface area contributed by atoms with Crippen LogP contribution >= 0.6 is 23.2 Å². The van der Waals surface area contributed by atoms with Crippen LogP contribution in [0.5, 0.6) is 0 Å². The van der Waals surface area contributed by atoms with Crippen molar-refractivity contribution in [3.05, 3.63) is 0 Å². The molecule has 0 aliphatic carbocycles. The van der Waals surface area contributed by atoms with Crippen LogP contribution in [0.25, 0.3) is 0 Å². The summed E-state index contributed by atoms with van der Waals surface area (Å²) in [5, 5.41) is 0. The van der Waals surface area contributed by atoms with Crippen LogP contribution in [0.2, 0.25) is 0 Å². The zero-order valence-corrected chi connectivity index (χ0v) is 21.2. The minimum absolute atomic E-state index is 0.490. The largest absolute Gasteiger partial charge is 0.121 e. The average Bonchev–Trinajstić information content (AvgIpc) is 2.68. The smallest absolute Gasteiger partial charge is 0.101 e. The molecule has 170 valence electrons. The van der Waals surface area contributed by atoms with Gasteiger partial charge in [0.05, 0.1) is 0 Å². The molecule has 0 aliphatic rings. The first-order valence-corrected chi connectivity index (χ1v) is 13.7. The molecule has 0 fully saturated rings. The second-order valence-electron chi connectivity index (χ2n) is 9.09. The van der Waals surface area contributed by atoms with Gasteiger partial charge in [-0.05, 0) is 25.2 Å². The normalized spacial score (nSPS) is 12.2. The van der Waals surface area contributed by atoms with Crippen LogP contribution in [0.3, 0.4) is 0 Å². The molecule has 0 unspecified atom stereocenters. The van der Waals surface area contributed by atoms with Crippen LogP contribution in [-0.4, -0.2) is 4.33 Å². The first-order chi connectivity index (χ1) is 13.6. The van der Waals surface area contributed by atoms with E-state index >= 15 is 0 Å². The van der Waals surface area contributed by atoms with E-state index in [1.54, 1.807) is 0 Å². The molecular formula is C26H52Cl2. The van der Waals surface area contributed by atoms with Gasteiger partial charge in [-0.15, -0.1) is 23.2 Å². The molecule has 0 nitrogen and oxygen atoms in total. The quantitative estimate of drug-likeness (QED) is 0.117. The highest BCUT2D eigenvalue weighted by Gasteiger charge is 2.33. The van der Waals surface area contributed by atoms with E-state index in [2.05, 4.69) is 20.8 Å². The van der Waals surface area contributed by atoms with Gasteiger partial charge < -0.3 is 0 Å². The molecule has 0 radical (unpaired) electrons. The highest BCUT2D eigenvalue weighted by molar-refractivity contribution is 6.48.